The number of aliphatic carboxylic acids is 1. The highest BCUT2D eigenvalue weighted by molar-refractivity contribution is 8.00. The molecule has 4 nitrogen and oxygen atoms in total. The highest BCUT2D eigenvalue weighted by atomic mass is 32.2. The topological polar surface area (TPSA) is 66.0 Å². The Kier molecular flexibility index (Phi) is 3.52. The van der Waals surface area contributed by atoms with Crippen LogP contribution in [0.1, 0.15) is 5.56 Å². The molecule has 1 aromatic heterocycles. The second-order valence-corrected chi connectivity index (χ2v) is 4.64. The molecular formula is C11H7F3N2O2S. The van der Waals surface area contributed by atoms with Crippen molar-refractivity contribution in [3.05, 3.63) is 30.1 Å². The number of hydrogen-bond donors (Lipinski definition) is 2. The number of H-pyrrole nitrogens is 1. The lowest BCUT2D eigenvalue weighted by Gasteiger charge is -2.08. The minimum atomic E-state index is -4.45. The fourth-order valence-corrected chi connectivity index (χ4v) is 2.15. The normalized spacial score (nSPS) is 12.4. The predicted octanol–water partition coefficient (Wildman–Crippen LogP) is 3.27. The van der Waals surface area contributed by atoms with Crippen molar-refractivity contribution in [1.82, 2.24) is 9.97 Å². The van der Waals surface area contributed by atoms with E-state index in [0.717, 1.165) is 12.2 Å². The van der Waals surface area contributed by atoms with Crippen molar-refractivity contribution in [2.75, 3.05) is 0 Å². The number of fused-ring (bicyclic) bond motifs is 1. The Morgan fingerprint density at radius 2 is 2.16 bits per heavy atom. The summed E-state index contributed by atoms with van der Waals surface area (Å²) < 4.78 is 37.3. The van der Waals surface area contributed by atoms with Crippen LogP contribution < -0.4 is 0 Å². The van der Waals surface area contributed by atoms with Gasteiger partial charge in [-0.05, 0) is 35.5 Å². The number of hydrogen-bond acceptors (Lipinski definition) is 3. The quantitative estimate of drug-likeness (QED) is 0.672. The molecule has 0 aliphatic rings. The molecule has 0 bridgehead atoms. The third-order valence-corrected chi connectivity index (χ3v) is 2.99. The smallest absolute Gasteiger partial charge is 0.446 e. The monoisotopic (exact) mass is 288 g/mol. The van der Waals surface area contributed by atoms with Gasteiger partial charge in [-0.1, -0.05) is 0 Å². The van der Waals surface area contributed by atoms with Gasteiger partial charge >= 0.3 is 11.5 Å². The van der Waals surface area contributed by atoms with E-state index in [-0.39, 0.29) is 22.2 Å². The minimum Gasteiger partial charge on any atom is -0.478 e. The number of imidazole rings is 1. The molecule has 0 aliphatic heterocycles. The molecule has 2 N–H and O–H groups in total. The highest BCUT2D eigenvalue weighted by Crippen LogP contribution is 2.40. The molecule has 0 unspecified atom stereocenters. The zero-order valence-electron chi connectivity index (χ0n) is 9.23. The van der Waals surface area contributed by atoms with Crippen molar-refractivity contribution in [3.8, 4) is 0 Å². The number of nitrogens with zero attached hydrogens (tertiary/aromatic N) is 1. The Morgan fingerprint density at radius 3 is 2.79 bits per heavy atom. The fraction of sp³-hybridized carbons (Fsp3) is 0.0909. The average Bonchev–Trinajstić information content (AvgIpc) is 2.70. The third-order valence-electron chi connectivity index (χ3n) is 2.18. The van der Waals surface area contributed by atoms with Gasteiger partial charge in [0.15, 0.2) is 0 Å². The number of nitrogens with one attached hydrogen (secondary N) is 1. The molecular weight excluding hydrogens is 281 g/mol. The molecule has 0 fully saturated rings. The van der Waals surface area contributed by atoms with Gasteiger partial charge in [0.05, 0.1) is 17.4 Å². The zero-order chi connectivity index (χ0) is 14.0. The molecule has 0 saturated carbocycles. The lowest BCUT2D eigenvalue weighted by molar-refractivity contribution is -0.131. The molecule has 0 saturated heterocycles. The Bertz CT molecular complexity index is 649. The fourth-order valence-electron chi connectivity index (χ4n) is 1.48. The molecule has 0 radical (unpaired) electrons. The Hall–Kier alpha value is -1.96. The SMILES string of the molecule is O=C(O)/C=C/c1cc2[nH]cnc2cc1SC(F)(F)F. The summed E-state index contributed by atoms with van der Waals surface area (Å²) in [6.07, 6.45) is 3.27. The van der Waals surface area contributed by atoms with Gasteiger partial charge in [0.1, 0.15) is 0 Å². The van der Waals surface area contributed by atoms with E-state index in [2.05, 4.69) is 9.97 Å². The van der Waals surface area contributed by atoms with Crippen molar-refractivity contribution in [2.24, 2.45) is 0 Å². The first-order chi connectivity index (χ1) is 8.85. The summed E-state index contributed by atoms with van der Waals surface area (Å²) in [7, 11) is 0. The Balaban J connectivity index is 2.50. The number of carboxylic acid groups (broad SMARTS) is 1. The molecule has 0 atom stereocenters. The van der Waals surface area contributed by atoms with E-state index in [9.17, 15) is 18.0 Å². The number of carbonyl (C=O) groups is 1. The standard InChI is InChI=1S/C11H7F3N2O2S/c12-11(13,14)19-9-4-8-7(15-5-16-8)3-6(9)1-2-10(17)18/h1-5H,(H,15,16)(H,17,18)/b2-1+. The number of aromatic amines is 1. The van der Waals surface area contributed by atoms with Crippen LogP contribution in [0.3, 0.4) is 0 Å². The van der Waals surface area contributed by atoms with E-state index in [1.54, 1.807) is 0 Å². The van der Waals surface area contributed by atoms with Crippen molar-refractivity contribution < 1.29 is 23.1 Å². The summed E-state index contributed by atoms with van der Waals surface area (Å²) in [5.74, 6) is -1.23. The molecule has 0 spiro atoms. The summed E-state index contributed by atoms with van der Waals surface area (Å²) in [5.41, 5.74) is -3.35. The molecule has 2 aromatic rings. The number of halogens is 3. The van der Waals surface area contributed by atoms with Crippen molar-refractivity contribution in [2.45, 2.75) is 10.4 Å². The van der Waals surface area contributed by atoms with Crippen LogP contribution in [0, 0.1) is 0 Å². The van der Waals surface area contributed by atoms with Gasteiger partial charge in [0, 0.05) is 11.0 Å². The summed E-state index contributed by atoms with van der Waals surface area (Å²) in [6.45, 7) is 0. The van der Waals surface area contributed by atoms with Crippen LogP contribution in [0.4, 0.5) is 13.2 Å². The van der Waals surface area contributed by atoms with Crippen LogP contribution in [0.25, 0.3) is 17.1 Å². The van der Waals surface area contributed by atoms with E-state index < -0.39 is 11.5 Å². The van der Waals surface area contributed by atoms with E-state index in [0.29, 0.717) is 11.0 Å². The first kappa shape index (κ1) is 13.5. The van der Waals surface area contributed by atoms with Crippen LogP contribution in [0.5, 0.6) is 0 Å². The number of benzene rings is 1. The van der Waals surface area contributed by atoms with Crippen LogP contribution in [0.15, 0.2) is 29.4 Å². The first-order valence-electron chi connectivity index (χ1n) is 4.99. The maximum Gasteiger partial charge on any atom is 0.446 e. The van der Waals surface area contributed by atoms with Crippen molar-refractivity contribution >= 4 is 34.8 Å². The zero-order valence-corrected chi connectivity index (χ0v) is 10.0. The Morgan fingerprint density at radius 1 is 1.42 bits per heavy atom. The van der Waals surface area contributed by atoms with E-state index in [1.165, 1.54) is 18.5 Å². The van der Waals surface area contributed by atoms with Gasteiger partial charge < -0.3 is 10.1 Å². The lowest BCUT2D eigenvalue weighted by Crippen LogP contribution is -2.00. The maximum absolute atomic E-state index is 12.4. The molecule has 0 aliphatic carbocycles. The predicted molar refractivity (Wildman–Crippen MR) is 64.7 cm³/mol. The maximum atomic E-state index is 12.4. The van der Waals surface area contributed by atoms with Crippen LogP contribution in [0.2, 0.25) is 0 Å². The van der Waals surface area contributed by atoms with E-state index >= 15 is 0 Å². The van der Waals surface area contributed by atoms with Gasteiger partial charge in [-0.3, -0.25) is 0 Å². The highest BCUT2D eigenvalue weighted by Gasteiger charge is 2.30. The third kappa shape index (κ3) is 3.50. The van der Waals surface area contributed by atoms with Crippen molar-refractivity contribution in [1.29, 1.82) is 0 Å². The summed E-state index contributed by atoms with van der Waals surface area (Å²) in [5, 5.41) is 8.54. The Labute approximate surface area is 109 Å². The molecule has 19 heavy (non-hydrogen) atoms. The summed E-state index contributed by atoms with van der Waals surface area (Å²) >= 11 is -0.301. The molecule has 100 valence electrons. The van der Waals surface area contributed by atoms with Gasteiger partial charge in [0.2, 0.25) is 0 Å². The van der Waals surface area contributed by atoms with Crippen LogP contribution in [-0.4, -0.2) is 26.6 Å². The molecule has 8 heteroatoms. The van der Waals surface area contributed by atoms with Crippen molar-refractivity contribution in [3.63, 3.8) is 0 Å². The largest absolute Gasteiger partial charge is 0.478 e. The van der Waals surface area contributed by atoms with Gasteiger partial charge in [-0.2, -0.15) is 13.2 Å². The molecule has 1 aromatic carbocycles. The van der Waals surface area contributed by atoms with Gasteiger partial charge in [-0.15, -0.1) is 0 Å². The molecule has 2 rings (SSSR count). The van der Waals surface area contributed by atoms with Gasteiger partial charge in [0.25, 0.3) is 0 Å². The second kappa shape index (κ2) is 4.96. The number of aromatic nitrogens is 2. The van der Waals surface area contributed by atoms with Gasteiger partial charge in [-0.25, -0.2) is 9.78 Å². The number of alkyl halides is 3. The summed E-state index contributed by atoms with van der Waals surface area (Å²) in [6, 6.07) is 2.70. The number of rotatable bonds is 3. The van der Waals surface area contributed by atoms with E-state index in [1.807, 2.05) is 0 Å². The number of thioether (sulfide) groups is 1. The minimum absolute atomic E-state index is 0.0930. The first-order valence-corrected chi connectivity index (χ1v) is 5.81. The van der Waals surface area contributed by atoms with Crippen LogP contribution in [-0.2, 0) is 4.79 Å². The molecule has 0 amide bonds. The lowest BCUT2D eigenvalue weighted by atomic mass is 10.2. The summed E-state index contributed by atoms with van der Waals surface area (Å²) in [4.78, 5) is 17.0. The van der Waals surface area contributed by atoms with E-state index in [4.69, 9.17) is 5.11 Å². The van der Waals surface area contributed by atoms with Crippen LogP contribution >= 0.6 is 11.8 Å². The molecule has 1 heterocycles. The second-order valence-electron chi connectivity index (χ2n) is 3.53. The average molecular weight is 288 g/mol. The number of carboxylic acids is 1.